The zero-order valence-corrected chi connectivity index (χ0v) is 13.9. The topological polar surface area (TPSA) is 59.0 Å². The molecule has 1 aliphatic heterocycles. The predicted molar refractivity (Wildman–Crippen MR) is 94.7 cm³/mol. The van der Waals surface area contributed by atoms with E-state index in [9.17, 15) is 18.4 Å². The van der Waals surface area contributed by atoms with Gasteiger partial charge in [0.15, 0.2) is 0 Å². The fourth-order valence-electron chi connectivity index (χ4n) is 3.51. The van der Waals surface area contributed by atoms with Gasteiger partial charge in [-0.1, -0.05) is 54.6 Å². The Balaban J connectivity index is 2.05. The second-order valence-electron chi connectivity index (χ2n) is 6.21. The summed E-state index contributed by atoms with van der Waals surface area (Å²) in [5.41, 5.74) is 5.57. The molecule has 3 aromatic carbocycles. The van der Waals surface area contributed by atoms with Gasteiger partial charge < -0.3 is 10.5 Å². The normalized spacial score (nSPS) is 16.6. The van der Waals surface area contributed by atoms with Crippen LogP contribution in [0.3, 0.4) is 0 Å². The summed E-state index contributed by atoms with van der Waals surface area (Å²) in [6, 6.07) is 18.0. The fourth-order valence-corrected chi connectivity index (χ4v) is 3.51. The number of benzene rings is 3. The SMILES string of the molecule is N#CC1=C(N)Oc2c(ccc3ccccc23)[C@H]1c1ccccc1C(F)(F)F. The van der Waals surface area contributed by atoms with Crippen molar-refractivity contribution < 1.29 is 17.9 Å². The average molecular weight is 366 g/mol. The number of fused-ring (bicyclic) bond motifs is 3. The molecule has 2 N–H and O–H groups in total. The summed E-state index contributed by atoms with van der Waals surface area (Å²) in [4.78, 5) is 0. The number of alkyl halides is 3. The largest absolute Gasteiger partial charge is 0.440 e. The number of hydrogen-bond acceptors (Lipinski definition) is 3. The molecule has 0 spiro atoms. The molecular formula is C21H13F3N2O. The molecule has 0 saturated carbocycles. The van der Waals surface area contributed by atoms with Crippen LogP contribution in [-0.2, 0) is 6.18 Å². The molecule has 0 saturated heterocycles. The van der Waals surface area contributed by atoms with Crippen molar-refractivity contribution in [2.45, 2.75) is 12.1 Å². The van der Waals surface area contributed by atoms with Gasteiger partial charge in [-0.15, -0.1) is 0 Å². The lowest BCUT2D eigenvalue weighted by atomic mass is 9.80. The molecular weight excluding hydrogens is 353 g/mol. The summed E-state index contributed by atoms with van der Waals surface area (Å²) in [7, 11) is 0. The van der Waals surface area contributed by atoms with Crippen molar-refractivity contribution in [2.75, 3.05) is 0 Å². The number of hydrogen-bond donors (Lipinski definition) is 1. The summed E-state index contributed by atoms with van der Waals surface area (Å²) < 4.78 is 46.5. The minimum atomic E-state index is -4.55. The average Bonchev–Trinajstić information content (AvgIpc) is 2.66. The molecule has 1 atom stereocenters. The van der Waals surface area contributed by atoms with Gasteiger partial charge in [-0.25, -0.2) is 0 Å². The van der Waals surface area contributed by atoms with E-state index in [1.165, 1.54) is 18.2 Å². The molecule has 6 heteroatoms. The molecule has 134 valence electrons. The highest BCUT2D eigenvalue weighted by Gasteiger charge is 2.39. The molecule has 3 nitrogen and oxygen atoms in total. The van der Waals surface area contributed by atoms with Crippen LogP contribution < -0.4 is 10.5 Å². The summed E-state index contributed by atoms with van der Waals surface area (Å²) in [5, 5.41) is 11.2. The van der Waals surface area contributed by atoms with Crippen LogP contribution in [0.15, 0.2) is 72.1 Å². The van der Waals surface area contributed by atoms with Crippen LogP contribution in [0.4, 0.5) is 13.2 Å². The minimum absolute atomic E-state index is 0.0238. The number of allylic oxidation sites excluding steroid dienone is 1. The maximum absolute atomic E-state index is 13.6. The Morgan fingerprint density at radius 1 is 0.926 bits per heavy atom. The Labute approximate surface area is 153 Å². The third kappa shape index (κ3) is 2.68. The third-order valence-corrected chi connectivity index (χ3v) is 4.68. The van der Waals surface area contributed by atoms with E-state index in [1.807, 2.05) is 30.3 Å². The second kappa shape index (κ2) is 6.06. The van der Waals surface area contributed by atoms with E-state index in [4.69, 9.17) is 10.5 Å². The first-order chi connectivity index (χ1) is 12.9. The number of nitriles is 1. The van der Waals surface area contributed by atoms with Crippen LogP contribution in [0.2, 0.25) is 0 Å². The van der Waals surface area contributed by atoms with E-state index >= 15 is 0 Å². The van der Waals surface area contributed by atoms with Crippen molar-refractivity contribution in [3.05, 3.63) is 88.8 Å². The smallest absolute Gasteiger partial charge is 0.416 e. The molecule has 0 unspecified atom stereocenters. The summed E-state index contributed by atoms with van der Waals surface area (Å²) >= 11 is 0. The number of rotatable bonds is 1. The summed E-state index contributed by atoms with van der Waals surface area (Å²) in [5.74, 6) is -0.754. The standard InChI is InChI=1S/C21H13F3N2O/c22-21(23,24)17-8-4-3-7-14(17)18-15-10-9-12-5-1-2-6-13(12)19(15)27-20(26)16(18)11-25/h1-10,18H,26H2/t18-/m1/s1. The molecule has 0 radical (unpaired) electrons. The van der Waals surface area contributed by atoms with E-state index in [1.54, 1.807) is 12.1 Å². The molecule has 0 aromatic heterocycles. The van der Waals surface area contributed by atoms with Gasteiger partial charge in [0.2, 0.25) is 5.88 Å². The highest BCUT2D eigenvalue weighted by atomic mass is 19.4. The van der Waals surface area contributed by atoms with E-state index in [0.717, 1.165) is 16.8 Å². The van der Waals surface area contributed by atoms with Gasteiger partial charge in [-0.2, -0.15) is 18.4 Å². The van der Waals surface area contributed by atoms with Gasteiger partial charge in [0.25, 0.3) is 0 Å². The van der Waals surface area contributed by atoms with Crippen LogP contribution in [0.5, 0.6) is 5.75 Å². The first-order valence-corrected chi connectivity index (χ1v) is 8.17. The van der Waals surface area contributed by atoms with Crippen LogP contribution in [0.25, 0.3) is 10.8 Å². The van der Waals surface area contributed by atoms with Crippen LogP contribution in [0.1, 0.15) is 22.6 Å². The lowest BCUT2D eigenvalue weighted by Gasteiger charge is -2.29. The minimum Gasteiger partial charge on any atom is -0.440 e. The number of nitrogens with two attached hydrogens (primary N) is 1. The van der Waals surface area contributed by atoms with Crippen molar-refractivity contribution in [1.82, 2.24) is 0 Å². The Morgan fingerprint density at radius 3 is 2.37 bits per heavy atom. The van der Waals surface area contributed by atoms with Gasteiger partial charge in [0.1, 0.15) is 17.4 Å². The quantitative estimate of drug-likeness (QED) is 0.654. The zero-order chi connectivity index (χ0) is 19.2. The van der Waals surface area contributed by atoms with Gasteiger partial charge in [-0.3, -0.25) is 0 Å². The molecule has 3 aromatic rings. The molecule has 4 rings (SSSR count). The van der Waals surface area contributed by atoms with Gasteiger partial charge in [0.05, 0.1) is 11.5 Å². The maximum Gasteiger partial charge on any atom is 0.416 e. The molecule has 0 fully saturated rings. The van der Waals surface area contributed by atoms with Crippen LogP contribution >= 0.6 is 0 Å². The van der Waals surface area contributed by atoms with E-state index in [2.05, 4.69) is 0 Å². The molecule has 1 aliphatic rings. The van der Waals surface area contributed by atoms with Crippen molar-refractivity contribution >= 4 is 10.8 Å². The van der Waals surface area contributed by atoms with Crippen LogP contribution in [-0.4, -0.2) is 0 Å². The van der Waals surface area contributed by atoms with Crippen molar-refractivity contribution in [2.24, 2.45) is 5.73 Å². The van der Waals surface area contributed by atoms with E-state index < -0.39 is 17.7 Å². The van der Waals surface area contributed by atoms with E-state index in [-0.39, 0.29) is 17.0 Å². The van der Waals surface area contributed by atoms with Crippen molar-refractivity contribution in [1.29, 1.82) is 5.26 Å². The summed E-state index contributed by atoms with van der Waals surface area (Å²) in [6.45, 7) is 0. The van der Waals surface area contributed by atoms with Crippen molar-refractivity contribution in [3.8, 4) is 11.8 Å². The Kier molecular flexibility index (Phi) is 3.81. The van der Waals surface area contributed by atoms with Gasteiger partial charge in [-0.05, 0) is 17.0 Å². The number of nitrogens with zero attached hydrogens (tertiary/aromatic N) is 1. The molecule has 1 heterocycles. The fraction of sp³-hybridized carbons (Fsp3) is 0.0952. The highest BCUT2D eigenvalue weighted by molar-refractivity contribution is 5.91. The predicted octanol–water partition coefficient (Wildman–Crippen LogP) is 5.08. The highest BCUT2D eigenvalue weighted by Crippen LogP contribution is 2.48. The first-order valence-electron chi connectivity index (χ1n) is 8.17. The van der Waals surface area contributed by atoms with Crippen molar-refractivity contribution in [3.63, 3.8) is 0 Å². The summed E-state index contributed by atoms with van der Waals surface area (Å²) in [6.07, 6.45) is -4.55. The maximum atomic E-state index is 13.6. The number of halogens is 3. The monoisotopic (exact) mass is 366 g/mol. The zero-order valence-electron chi connectivity index (χ0n) is 13.9. The molecule has 0 aliphatic carbocycles. The van der Waals surface area contributed by atoms with Crippen LogP contribution in [0, 0.1) is 11.3 Å². The molecule has 0 amide bonds. The third-order valence-electron chi connectivity index (χ3n) is 4.68. The van der Waals surface area contributed by atoms with Gasteiger partial charge in [0, 0.05) is 10.9 Å². The second-order valence-corrected chi connectivity index (χ2v) is 6.21. The lowest BCUT2D eigenvalue weighted by Crippen LogP contribution is -2.23. The lowest BCUT2D eigenvalue weighted by molar-refractivity contribution is -0.138. The first kappa shape index (κ1) is 17.0. The molecule has 27 heavy (non-hydrogen) atoms. The Hall–Kier alpha value is -3.46. The molecule has 0 bridgehead atoms. The Morgan fingerprint density at radius 2 is 1.63 bits per heavy atom. The van der Waals surface area contributed by atoms with Gasteiger partial charge >= 0.3 is 6.18 Å². The number of ether oxygens (including phenoxy) is 1. The van der Waals surface area contributed by atoms with E-state index in [0.29, 0.717) is 11.3 Å². The Bertz CT molecular complexity index is 1130.